The maximum atomic E-state index is 4.34. The van der Waals surface area contributed by atoms with Gasteiger partial charge in [0.05, 0.1) is 0 Å². The third-order valence-electron chi connectivity index (χ3n) is 4.51. The molecule has 3 unspecified atom stereocenters. The van der Waals surface area contributed by atoms with Crippen LogP contribution >= 0.6 is 0 Å². The van der Waals surface area contributed by atoms with Gasteiger partial charge in [-0.05, 0) is 44.2 Å². The highest BCUT2D eigenvalue weighted by Gasteiger charge is 2.33. The van der Waals surface area contributed by atoms with Crippen LogP contribution in [0.3, 0.4) is 0 Å². The van der Waals surface area contributed by atoms with Crippen LogP contribution in [0.5, 0.6) is 0 Å². The number of likely N-dealkylation sites (tertiary alicyclic amines) is 1. The van der Waals surface area contributed by atoms with Crippen molar-refractivity contribution in [3.63, 3.8) is 0 Å². The molecule has 1 saturated carbocycles. The van der Waals surface area contributed by atoms with Crippen LogP contribution in [0.2, 0.25) is 0 Å². The minimum absolute atomic E-state index is 0.623. The van der Waals surface area contributed by atoms with Gasteiger partial charge >= 0.3 is 0 Å². The van der Waals surface area contributed by atoms with E-state index >= 15 is 0 Å². The summed E-state index contributed by atoms with van der Waals surface area (Å²) in [6.07, 6.45) is 3.99. The van der Waals surface area contributed by atoms with Gasteiger partial charge in [0.15, 0.2) is 5.96 Å². The number of guanidine groups is 1. The third-order valence-corrected chi connectivity index (χ3v) is 4.51. The van der Waals surface area contributed by atoms with Crippen molar-refractivity contribution in [2.75, 3.05) is 26.7 Å². The zero-order valence-corrected chi connectivity index (χ0v) is 12.9. The highest BCUT2D eigenvalue weighted by molar-refractivity contribution is 5.80. The Labute approximate surface area is 118 Å². The predicted octanol–water partition coefficient (Wildman–Crippen LogP) is 1.68. The van der Waals surface area contributed by atoms with Crippen LogP contribution in [0.15, 0.2) is 4.99 Å². The maximum Gasteiger partial charge on any atom is 0.191 e. The number of aliphatic imine (C=N–C) groups is 1. The molecule has 1 saturated heterocycles. The van der Waals surface area contributed by atoms with Crippen molar-refractivity contribution in [1.82, 2.24) is 15.5 Å². The van der Waals surface area contributed by atoms with Crippen LogP contribution in [0, 0.1) is 11.8 Å². The second-order valence-corrected chi connectivity index (χ2v) is 6.47. The lowest BCUT2D eigenvalue weighted by Crippen LogP contribution is -2.49. The summed E-state index contributed by atoms with van der Waals surface area (Å²) in [5, 5.41) is 7.01. The molecule has 2 rings (SSSR count). The van der Waals surface area contributed by atoms with Gasteiger partial charge in [-0.1, -0.05) is 20.8 Å². The highest BCUT2D eigenvalue weighted by atomic mass is 15.2. The topological polar surface area (TPSA) is 39.7 Å². The Morgan fingerprint density at radius 3 is 2.42 bits per heavy atom. The highest BCUT2D eigenvalue weighted by Crippen LogP contribution is 2.28. The molecule has 1 aliphatic heterocycles. The maximum absolute atomic E-state index is 4.34. The van der Waals surface area contributed by atoms with E-state index in [1.165, 1.54) is 32.4 Å². The van der Waals surface area contributed by atoms with E-state index in [4.69, 9.17) is 0 Å². The molecule has 2 N–H and O–H groups in total. The standard InChI is InChI=1S/C15H30N4/c1-11(2)14(19-7-5-6-8-19)10-17-15(16-4)18-13-9-12(13)3/h11-14H,5-10H2,1-4H3,(H2,16,17,18). The number of hydrogen-bond donors (Lipinski definition) is 2. The first-order chi connectivity index (χ1) is 9.11. The molecule has 0 radical (unpaired) electrons. The predicted molar refractivity (Wildman–Crippen MR) is 81.5 cm³/mol. The fourth-order valence-corrected chi connectivity index (χ4v) is 2.95. The molecule has 1 aliphatic carbocycles. The summed E-state index contributed by atoms with van der Waals surface area (Å²) < 4.78 is 0. The van der Waals surface area contributed by atoms with Crippen LogP contribution in [-0.4, -0.2) is 49.6 Å². The molecule has 4 nitrogen and oxygen atoms in total. The zero-order valence-electron chi connectivity index (χ0n) is 12.9. The smallest absolute Gasteiger partial charge is 0.191 e. The molecule has 2 fully saturated rings. The number of rotatable bonds is 5. The van der Waals surface area contributed by atoms with Gasteiger partial charge in [0.1, 0.15) is 0 Å². The fourth-order valence-electron chi connectivity index (χ4n) is 2.95. The molecule has 0 amide bonds. The molecule has 0 bridgehead atoms. The third kappa shape index (κ3) is 4.10. The van der Waals surface area contributed by atoms with Gasteiger partial charge in [-0.3, -0.25) is 9.89 Å². The van der Waals surface area contributed by atoms with Crippen molar-refractivity contribution in [3.05, 3.63) is 0 Å². The normalized spacial score (nSPS) is 29.6. The SMILES string of the molecule is CN=C(NCC(C(C)C)N1CCCC1)NC1CC1C. The zero-order chi connectivity index (χ0) is 13.8. The van der Waals surface area contributed by atoms with E-state index in [1.54, 1.807) is 0 Å². The summed E-state index contributed by atoms with van der Waals surface area (Å²) >= 11 is 0. The second-order valence-electron chi connectivity index (χ2n) is 6.47. The van der Waals surface area contributed by atoms with Crippen molar-refractivity contribution in [3.8, 4) is 0 Å². The molecular weight excluding hydrogens is 236 g/mol. The lowest BCUT2D eigenvalue weighted by molar-refractivity contribution is 0.192. The van der Waals surface area contributed by atoms with Gasteiger partial charge in [0.25, 0.3) is 0 Å². The van der Waals surface area contributed by atoms with E-state index in [0.717, 1.165) is 18.4 Å². The fraction of sp³-hybridized carbons (Fsp3) is 0.933. The van der Waals surface area contributed by atoms with Crippen molar-refractivity contribution in [1.29, 1.82) is 0 Å². The van der Waals surface area contributed by atoms with Crippen LogP contribution < -0.4 is 10.6 Å². The molecule has 3 atom stereocenters. The summed E-state index contributed by atoms with van der Waals surface area (Å²) in [5.41, 5.74) is 0. The Morgan fingerprint density at radius 1 is 1.32 bits per heavy atom. The molecule has 0 spiro atoms. The summed E-state index contributed by atoms with van der Waals surface area (Å²) in [4.78, 5) is 6.97. The first kappa shape index (κ1) is 14.6. The van der Waals surface area contributed by atoms with Gasteiger partial charge in [0, 0.05) is 25.7 Å². The second kappa shape index (κ2) is 6.60. The molecule has 110 valence electrons. The van der Waals surface area contributed by atoms with Crippen molar-refractivity contribution >= 4 is 5.96 Å². The van der Waals surface area contributed by atoms with Gasteiger partial charge < -0.3 is 10.6 Å². The minimum atomic E-state index is 0.623. The minimum Gasteiger partial charge on any atom is -0.355 e. The molecule has 0 aromatic heterocycles. The van der Waals surface area contributed by atoms with Crippen LogP contribution in [0.1, 0.15) is 40.0 Å². The van der Waals surface area contributed by atoms with E-state index in [1.807, 2.05) is 7.05 Å². The van der Waals surface area contributed by atoms with E-state index in [9.17, 15) is 0 Å². The first-order valence-corrected chi connectivity index (χ1v) is 7.83. The van der Waals surface area contributed by atoms with Crippen LogP contribution in [-0.2, 0) is 0 Å². The molecule has 0 aromatic carbocycles. The molecule has 0 aromatic rings. The summed E-state index contributed by atoms with van der Waals surface area (Å²) in [7, 11) is 1.86. The first-order valence-electron chi connectivity index (χ1n) is 7.83. The molecule has 19 heavy (non-hydrogen) atoms. The monoisotopic (exact) mass is 266 g/mol. The number of hydrogen-bond acceptors (Lipinski definition) is 2. The Hall–Kier alpha value is -0.770. The van der Waals surface area contributed by atoms with Gasteiger partial charge in [-0.2, -0.15) is 0 Å². The quantitative estimate of drug-likeness (QED) is 0.587. The van der Waals surface area contributed by atoms with Crippen molar-refractivity contribution in [2.24, 2.45) is 16.8 Å². The average Bonchev–Trinajstić information content (AvgIpc) is 2.86. The Balaban J connectivity index is 1.79. The Bertz CT molecular complexity index is 307. The number of nitrogens with one attached hydrogen (secondary N) is 2. The van der Waals surface area contributed by atoms with Gasteiger partial charge in [-0.15, -0.1) is 0 Å². The van der Waals surface area contributed by atoms with Gasteiger partial charge in [0.2, 0.25) is 0 Å². The van der Waals surface area contributed by atoms with E-state index in [0.29, 0.717) is 18.0 Å². The van der Waals surface area contributed by atoms with E-state index in [2.05, 4.69) is 41.3 Å². The van der Waals surface area contributed by atoms with Crippen molar-refractivity contribution in [2.45, 2.75) is 52.1 Å². The summed E-state index contributed by atoms with van der Waals surface area (Å²) in [6, 6.07) is 1.26. The van der Waals surface area contributed by atoms with E-state index < -0.39 is 0 Å². The van der Waals surface area contributed by atoms with E-state index in [-0.39, 0.29) is 0 Å². The molecule has 1 heterocycles. The largest absolute Gasteiger partial charge is 0.355 e. The average molecular weight is 266 g/mol. The Kier molecular flexibility index (Phi) is 5.08. The molecular formula is C15H30N4. The molecule has 2 aliphatic rings. The van der Waals surface area contributed by atoms with Crippen molar-refractivity contribution < 1.29 is 0 Å². The molecule has 4 heteroatoms. The number of nitrogens with zero attached hydrogens (tertiary/aromatic N) is 2. The lowest BCUT2D eigenvalue weighted by Gasteiger charge is -2.31. The van der Waals surface area contributed by atoms with Gasteiger partial charge in [-0.25, -0.2) is 0 Å². The van der Waals surface area contributed by atoms with Crippen LogP contribution in [0.25, 0.3) is 0 Å². The summed E-state index contributed by atoms with van der Waals surface area (Å²) in [6.45, 7) is 10.4. The van der Waals surface area contributed by atoms with Crippen LogP contribution in [0.4, 0.5) is 0 Å². The lowest BCUT2D eigenvalue weighted by atomic mass is 10.0. The summed E-state index contributed by atoms with van der Waals surface area (Å²) in [5.74, 6) is 2.46. The Morgan fingerprint density at radius 2 is 1.95 bits per heavy atom.